The number of rotatable bonds is 2. The summed E-state index contributed by atoms with van der Waals surface area (Å²) in [5, 5.41) is 0. The van der Waals surface area contributed by atoms with Crippen molar-refractivity contribution in [1.82, 2.24) is 9.97 Å². The summed E-state index contributed by atoms with van der Waals surface area (Å²) in [7, 11) is 3.02. The van der Waals surface area contributed by atoms with Gasteiger partial charge in [-0.15, -0.1) is 0 Å². The van der Waals surface area contributed by atoms with Crippen molar-refractivity contribution in [2.45, 2.75) is 6.18 Å². The van der Waals surface area contributed by atoms with Gasteiger partial charge in [-0.3, -0.25) is 4.79 Å². The smallest absolute Gasteiger partial charge is 0.347 e. The van der Waals surface area contributed by atoms with Crippen LogP contribution in [-0.2, 0) is 6.18 Å². The third-order valence-electron chi connectivity index (χ3n) is 1.60. The molecule has 82 valence electrons. The van der Waals surface area contributed by atoms with Crippen LogP contribution in [0.3, 0.4) is 0 Å². The van der Waals surface area contributed by atoms with Gasteiger partial charge in [-0.2, -0.15) is 13.2 Å². The van der Waals surface area contributed by atoms with Crippen LogP contribution in [-0.4, -0.2) is 30.3 Å². The summed E-state index contributed by atoms with van der Waals surface area (Å²) < 4.78 is 37.2. The maximum Gasteiger partial charge on any atom is 0.434 e. The Balaban J connectivity index is 3.32. The molecule has 1 aromatic rings. The molecule has 4 nitrogen and oxygen atoms in total. The van der Waals surface area contributed by atoms with Crippen LogP contribution in [0.5, 0.6) is 0 Å². The number of alkyl halides is 3. The van der Waals surface area contributed by atoms with E-state index in [9.17, 15) is 18.0 Å². The Bertz CT molecular complexity index is 376. The summed E-state index contributed by atoms with van der Waals surface area (Å²) in [5.41, 5.74) is -1.77. The fourth-order valence-electron chi connectivity index (χ4n) is 0.911. The first-order valence-electron chi connectivity index (χ1n) is 3.93. The Morgan fingerprint density at radius 1 is 1.40 bits per heavy atom. The molecular weight excluding hydrogens is 211 g/mol. The Morgan fingerprint density at radius 3 is 2.40 bits per heavy atom. The van der Waals surface area contributed by atoms with E-state index in [0.717, 1.165) is 6.20 Å². The molecule has 0 aliphatic carbocycles. The average Bonchev–Trinajstić information content (AvgIpc) is 2.15. The van der Waals surface area contributed by atoms with E-state index in [2.05, 4.69) is 9.97 Å². The zero-order valence-electron chi connectivity index (χ0n) is 8.04. The molecule has 0 N–H and O–H groups in total. The van der Waals surface area contributed by atoms with Crippen molar-refractivity contribution in [3.8, 4) is 0 Å². The molecule has 0 radical (unpaired) electrons. The second-order valence-electron chi connectivity index (χ2n) is 2.98. The van der Waals surface area contributed by atoms with Crippen molar-refractivity contribution >= 4 is 12.2 Å². The molecule has 0 unspecified atom stereocenters. The van der Waals surface area contributed by atoms with Crippen LogP contribution in [0.4, 0.5) is 19.1 Å². The van der Waals surface area contributed by atoms with Gasteiger partial charge in [0.15, 0.2) is 12.0 Å². The van der Waals surface area contributed by atoms with Crippen molar-refractivity contribution in [1.29, 1.82) is 0 Å². The van der Waals surface area contributed by atoms with E-state index in [0.29, 0.717) is 0 Å². The van der Waals surface area contributed by atoms with Gasteiger partial charge in [0.1, 0.15) is 0 Å². The average molecular weight is 219 g/mol. The SMILES string of the molecule is CN(C)c1ncc(C=O)c(C(F)(F)F)n1. The van der Waals surface area contributed by atoms with Crippen molar-refractivity contribution in [2.75, 3.05) is 19.0 Å². The van der Waals surface area contributed by atoms with Gasteiger partial charge in [-0.1, -0.05) is 0 Å². The first-order chi connectivity index (χ1) is 6.86. The van der Waals surface area contributed by atoms with Gasteiger partial charge in [0.25, 0.3) is 0 Å². The maximum absolute atomic E-state index is 12.4. The highest BCUT2D eigenvalue weighted by molar-refractivity contribution is 5.76. The first kappa shape index (κ1) is 11.4. The third-order valence-corrected chi connectivity index (χ3v) is 1.60. The largest absolute Gasteiger partial charge is 0.434 e. The third kappa shape index (κ3) is 2.42. The van der Waals surface area contributed by atoms with Gasteiger partial charge in [0.05, 0.1) is 5.56 Å². The van der Waals surface area contributed by atoms with Crippen LogP contribution in [0.1, 0.15) is 16.1 Å². The van der Waals surface area contributed by atoms with Gasteiger partial charge in [-0.25, -0.2) is 9.97 Å². The van der Waals surface area contributed by atoms with E-state index in [4.69, 9.17) is 0 Å². The molecule has 0 saturated carbocycles. The Labute approximate surface area is 83.7 Å². The van der Waals surface area contributed by atoms with Gasteiger partial charge >= 0.3 is 6.18 Å². The van der Waals surface area contributed by atoms with Crippen molar-refractivity contribution in [3.05, 3.63) is 17.5 Å². The lowest BCUT2D eigenvalue weighted by Crippen LogP contribution is -2.18. The Morgan fingerprint density at radius 2 is 2.00 bits per heavy atom. The second kappa shape index (κ2) is 3.84. The molecular formula is C8H8F3N3O. The molecule has 1 rings (SSSR count). The highest BCUT2D eigenvalue weighted by Crippen LogP contribution is 2.30. The molecule has 0 saturated heterocycles. The molecule has 7 heteroatoms. The highest BCUT2D eigenvalue weighted by Gasteiger charge is 2.36. The predicted octanol–water partition coefficient (Wildman–Crippen LogP) is 1.37. The molecule has 1 aromatic heterocycles. The highest BCUT2D eigenvalue weighted by atomic mass is 19.4. The normalized spacial score (nSPS) is 11.3. The minimum Gasteiger partial charge on any atom is -0.347 e. The van der Waals surface area contributed by atoms with E-state index in [-0.39, 0.29) is 12.2 Å². The molecule has 0 amide bonds. The maximum atomic E-state index is 12.4. The van der Waals surface area contributed by atoms with Crippen LogP contribution < -0.4 is 4.90 Å². The van der Waals surface area contributed by atoms with E-state index >= 15 is 0 Å². The van der Waals surface area contributed by atoms with Gasteiger partial charge in [0.2, 0.25) is 5.95 Å². The Kier molecular flexibility index (Phi) is 2.92. The lowest BCUT2D eigenvalue weighted by Gasteiger charge is -2.13. The molecule has 0 atom stereocenters. The number of carbonyl (C=O) groups excluding carboxylic acids is 1. The summed E-state index contributed by atoms with van der Waals surface area (Å²) >= 11 is 0. The number of aldehydes is 1. The minimum atomic E-state index is -4.65. The molecule has 0 aliphatic rings. The number of anilines is 1. The van der Waals surface area contributed by atoms with Gasteiger partial charge in [-0.05, 0) is 0 Å². The van der Waals surface area contributed by atoms with E-state index in [1.54, 1.807) is 0 Å². The summed E-state index contributed by atoms with van der Waals surface area (Å²) in [6.45, 7) is 0. The number of hydrogen-bond donors (Lipinski definition) is 0. The fourth-order valence-corrected chi connectivity index (χ4v) is 0.911. The standard InChI is InChI=1S/C8H8F3N3O/c1-14(2)7-12-3-5(4-15)6(13-7)8(9,10)11/h3-4H,1-2H3. The molecule has 0 bridgehead atoms. The van der Waals surface area contributed by atoms with Crippen LogP contribution in [0.25, 0.3) is 0 Å². The zero-order valence-corrected chi connectivity index (χ0v) is 8.04. The van der Waals surface area contributed by atoms with E-state index < -0.39 is 17.4 Å². The predicted molar refractivity (Wildman–Crippen MR) is 46.7 cm³/mol. The number of aromatic nitrogens is 2. The van der Waals surface area contributed by atoms with Crippen LogP contribution >= 0.6 is 0 Å². The molecule has 1 heterocycles. The quantitative estimate of drug-likeness (QED) is 0.705. The molecule has 0 spiro atoms. The molecule has 0 aromatic carbocycles. The first-order valence-corrected chi connectivity index (χ1v) is 3.93. The number of halogens is 3. The van der Waals surface area contributed by atoms with E-state index in [1.165, 1.54) is 19.0 Å². The molecule has 0 fully saturated rings. The van der Waals surface area contributed by atoms with Gasteiger partial charge in [0, 0.05) is 20.3 Å². The lowest BCUT2D eigenvalue weighted by molar-refractivity contribution is -0.141. The topological polar surface area (TPSA) is 46.1 Å². The molecule has 0 aliphatic heterocycles. The summed E-state index contributed by atoms with van der Waals surface area (Å²) in [6, 6.07) is 0. The fraction of sp³-hybridized carbons (Fsp3) is 0.375. The zero-order chi connectivity index (χ0) is 11.6. The van der Waals surface area contributed by atoms with Crippen molar-refractivity contribution in [3.63, 3.8) is 0 Å². The number of carbonyl (C=O) groups is 1. The molecule has 15 heavy (non-hydrogen) atoms. The summed E-state index contributed by atoms with van der Waals surface area (Å²) in [4.78, 5) is 18.6. The number of nitrogens with zero attached hydrogens (tertiary/aromatic N) is 3. The number of hydrogen-bond acceptors (Lipinski definition) is 4. The van der Waals surface area contributed by atoms with Gasteiger partial charge < -0.3 is 4.90 Å². The summed E-state index contributed by atoms with van der Waals surface area (Å²) in [5.74, 6) is -0.0899. The van der Waals surface area contributed by atoms with Crippen molar-refractivity contribution in [2.24, 2.45) is 0 Å². The minimum absolute atomic E-state index is 0.0856. The lowest BCUT2D eigenvalue weighted by atomic mass is 10.2. The monoisotopic (exact) mass is 219 g/mol. The van der Waals surface area contributed by atoms with Crippen LogP contribution in [0.15, 0.2) is 6.20 Å². The van der Waals surface area contributed by atoms with Crippen LogP contribution in [0, 0.1) is 0 Å². The second-order valence-corrected chi connectivity index (χ2v) is 2.98. The van der Waals surface area contributed by atoms with Crippen molar-refractivity contribution < 1.29 is 18.0 Å². The Hall–Kier alpha value is -1.66. The van der Waals surface area contributed by atoms with Crippen LogP contribution in [0.2, 0.25) is 0 Å². The summed E-state index contributed by atoms with van der Waals surface area (Å²) in [6.07, 6.45) is -3.70. The van der Waals surface area contributed by atoms with E-state index in [1.807, 2.05) is 0 Å².